The minimum absolute atomic E-state index is 0.0168. The summed E-state index contributed by atoms with van der Waals surface area (Å²) < 4.78 is 12.9. The molecule has 10 heteroatoms. The summed E-state index contributed by atoms with van der Waals surface area (Å²) in [7, 11) is 0. The Morgan fingerprint density at radius 2 is 1.73 bits per heavy atom. The SMILES string of the molecule is O=C(CCCCCC(=O)Nc1cccc([C@@H]2O[C@H](CN3CCC[C@H]3CO)C[C@H](c3ccc(CO)cc3)O2)c1)NO. The summed E-state index contributed by atoms with van der Waals surface area (Å²) in [6.07, 6.45) is 4.27. The summed E-state index contributed by atoms with van der Waals surface area (Å²) in [5.74, 6) is -0.535. The smallest absolute Gasteiger partial charge is 0.243 e. The van der Waals surface area contributed by atoms with Gasteiger partial charge in [0, 0.05) is 43.1 Å². The van der Waals surface area contributed by atoms with E-state index in [1.807, 2.05) is 48.5 Å². The van der Waals surface area contributed by atoms with Gasteiger partial charge in [-0.15, -0.1) is 0 Å². The van der Waals surface area contributed by atoms with Crippen LogP contribution in [0.2, 0.25) is 0 Å². The number of ether oxygens (including phenoxy) is 2. The molecule has 0 aliphatic carbocycles. The molecule has 0 bridgehead atoms. The first-order chi connectivity index (χ1) is 19.5. The van der Waals surface area contributed by atoms with E-state index >= 15 is 0 Å². The molecule has 40 heavy (non-hydrogen) atoms. The lowest BCUT2D eigenvalue weighted by Gasteiger charge is -2.38. The highest BCUT2D eigenvalue weighted by atomic mass is 16.7. The van der Waals surface area contributed by atoms with Crippen LogP contribution in [0, 0.1) is 0 Å². The van der Waals surface area contributed by atoms with Gasteiger partial charge in [-0.1, -0.05) is 42.8 Å². The Balaban J connectivity index is 1.41. The molecule has 0 spiro atoms. The van der Waals surface area contributed by atoms with E-state index in [0.29, 0.717) is 44.3 Å². The molecule has 2 aliphatic heterocycles. The van der Waals surface area contributed by atoms with Crippen molar-refractivity contribution in [2.75, 3.05) is 25.0 Å². The monoisotopic (exact) mass is 555 g/mol. The standard InChI is InChI=1S/C30H41N3O7/c34-19-21-11-13-22(14-12-21)27-17-26(18-33-15-5-8-25(33)20-35)39-30(40-27)23-6-4-7-24(16-23)31-28(36)9-2-1-3-10-29(37)32-38/h4,6-7,11-14,16,25-27,30,34-35,38H,1-3,5,8-10,15,17-20H2,(H,31,36)(H,32,37)/t25-,26-,27+,30+/m0/s1. The Morgan fingerprint density at radius 3 is 2.45 bits per heavy atom. The van der Waals surface area contributed by atoms with E-state index in [1.165, 1.54) is 0 Å². The predicted molar refractivity (Wildman–Crippen MR) is 148 cm³/mol. The van der Waals surface area contributed by atoms with Crippen molar-refractivity contribution in [2.45, 2.75) is 82.5 Å². The number of carbonyl (C=O) groups is 2. The van der Waals surface area contributed by atoms with Crippen LogP contribution < -0.4 is 10.8 Å². The molecule has 2 heterocycles. The second-order valence-electron chi connectivity index (χ2n) is 10.6. The molecule has 0 aromatic heterocycles. The van der Waals surface area contributed by atoms with Crippen molar-refractivity contribution in [3.05, 3.63) is 65.2 Å². The molecule has 2 aromatic rings. The topological polar surface area (TPSA) is 141 Å². The van der Waals surface area contributed by atoms with Gasteiger partial charge in [-0.05, 0) is 55.5 Å². The van der Waals surface area contributed by atoms with Crippen LogP contribution in [0.3, 0.4) is 0 Å². The van der Waals surface area contributed by atoms with Crippen LogP contribution in [0.4, 0.5) is 5.69 Å². The minimum atomic E-state index is -0.633. The van der Waals surface area contributed by atoms with Crippen molar-refractivity contribution in [1.29, 1.82) is 0 Å². The largest absolute Gasteiger partial charge is 0.395 e. The van der Waals surface area contributed by atoms with E-state index in [-0.39, 0.29) is 43.8 Å². The van der Waals surface area contributed by atoms with Gasteiger partial charge in [0.15, 0.2) is 6.29 Å². The first kappa shape index (κ1) is 30.1. The lowest BCUT2D eigenvalue weighted by atomic mass is 9.99. The van der Waals surface area contributed by atoms with Crippen LogP contribution in [0.1, 0.15) is 80.5 Å². The van der Waals surface area contributed by atoms with Gasteiger partial charge < -0.3 is 25.0 Å². The zero-order chi connectivity index (χ0) is 28.3. The van der Waals surface area contributed by atoms with Crippen molar-refractivity contribution in [3.8, 4) is 0 Å². The number of carbonyl (C=O) groups excluding carboxylic acids is 2. The van der Waals surface area contributed by atoms with E-state index in [0.717, 1.165) is 36.1 Å². The van der Waals surface area contributed by atoms with E-state index in [1.54, 1.807) is 5.48 Å². The number of likely N-dealkylation sites (tertiary alicyclic amines) is 1. The fraction of sp³-hybridized carbons (Fsp3) is 0.533. The van der Waals surface area contributed by atoms with Gasteiger partial charge in [-0.2, -0.15) is 0 Å². The Labute approximate surface area is 235 Å². The number of hydrogen-bond acceptors (Lipinski definition) is 8. The Hall–Kier alpha value is -2.86. The lowest BCUT2D eigenvalue weighted by molar-refractivity contribution is -0.253. The minimum Gasteiger partial charge on any atom is -0.395 e. The van der Waals surface area contributed by atoms with E-state index in [4.69, 9.17) is 14.7 Å². The summed E-state index contributed by atoms with van der Waals surface area (Å²) in [4.78, 5) is 25.9. The average molecular weight is 556 g/mol. The van der Waals surface area contributed by atoms with Crippen LogP contribution in [-0.2, 0) is 25.7 Å². The molecule has 4 atom stereocenters. The normalized spacial score (nSPS) is 23.2. The van der Waals surface area contributed by atoms with Crippen molar-refractivity contribution in [3.63, 3.8) is 0 Å². The first-order valence-electron chi connectivity index (χ1n) is 14.2. The molecule has 5 N–H and O–H groups in total. The van der Waals surface area contributed by atoms with Gasteiger partial charge in [-0.3, -0.25) is 19.7 Å². The fourth-order valence-electron chi connectivity index (χ4n) is 5.43. The number of amides is 2. The number of aliphatic hydroxyl groups excluding tert-OH is 2. The summed E-state index contributed by atoms with van der Waals surface area (Å²) >= 11 is 0. The molecule has 0 saturated carbocycles. The van der Waals surface area contributed by atoms with Gasteiger partial charge in [0.25, 0.3) is 0 Å². The quantitative estimate of drug-likeness (QED) is 0.144. The molecule has 2 aliphatic rings. The van der Waals surface area contributed by atoms with Crippen molar-refractivity contribution >= 4 is 17.5 Å². The van der Waals surface area contributed by atoms with Crippen LogP contribution in [0.15, 0.2) is 48.5 Å². The third-order valence-electron chi connectivity index (χ3n) is 7.64. The molecule has 4 rings (SSSR count). The molecule has 0 unspecified atom stereocenters. The van der Waals surface area contributed by atoms with Crippen LogP contribution in [-0.4, -0.2) is 64.0 Å². The third kappa shape index (κ3) is 8.57. The zero-order valence-corrected chi connectivity index (χ0v) is 22.8. The Bertz CT molecular complexity index is 1100. The maximum Gasteiger partial charge on any atom is 0.243 e. The Kier molecular flexibility index (Phi) is 11.5. The average Bonchev–Trinajstić information content (AvgIpc) is 3.43. The van der Waals surface area contributed by atoms with Crippen LogP contribution >= 0.6 is 0 Å². The number of aliphatic hydroxyl groups is 2. The van der Waals surface area contributed by atoms with Crippen molar-refractivity contribution in [2.24, 2.45) is 0 Å². The second-order valence-corrected chi connectivity index (χ2v) is 10.6. The second kappa shape index (κ2) is 15.2. The van der Waals surface area contributed by atoms with Gasteiger partial charge >= 0.3 is 0 Å². The molecule has 10 nitrogen and oxygen atoms in total. The predicted octanol–water partition coefficient (Wildman–Crippen LogP) is 3.58. The molecule has 2 saturated heterocycles. The van der Waals surface area contributed by atoms with Gasteiger partial charge in [0.2, 0.25) is 11.8 Å². The highest BCUT2D eigenvalue weighted by Crippen LogP contribution is 2.39. The zero-order valence-electron chi connectivity index (χ0n) is 22.8. The number of anilines is 1. The van der Waals surface area contributed by atoms with Crippen LogP contribution in [0.25, 0.3) is 0 Å². The van der Waals surface area contributed by atoms with Crippen LogP contribution in [0.5, 0.6) is 0 Å². The lowest BCUT2D eigenvalue weighted by Crippen LogP contribution is -2.42. The third-order valence-corrected chi connectivity index (χ3v) is 7.64. The summed E-state index contributed by atoms with van der Waals surface area (Å²) in [5, 5.41) is 30.7. The van der Waals surface area contributed by atoms with E-state index < -0.39 is 12.2 Å². The summed E-state index contributed by atoms with van der Waals surface area (Å²) in [6, 6.07) is 15.4. The van der Waals surface area contributed by atoms with Gasteiger partial charge in [0.1, 0.15) is 0 Å². The maximum atomic E-state index is 12.5. The molecular weight excluding hydrogens is 514 g/mol. The number of hydrogen-bond donors (Lipinski definition) is 5. The first-order valence-corrected chi connectivity index (χ1v) is 14.2. The highest BCUT2D eigenvalue weighted by molar-refractivity contribution is 5.90. The number of hydroxylamine groups is 1. The molecule has 2 amide bonds. The molecule has 2 fully saturated rings. The Morgan fingerprint density at radius 1 is 0.950 bits per heavy atom. The molecule has 218 valence electrons. The van der Waals surface area contributed by atoms with Crippen molar-refractivity contribution in [1.82, 2.24) is 10.4 Å². The summed E-state index contributed by atoms with van der Waals surface area (Å²) in [6.45, 7) is 1.75. The fourth-order valence-corrected chi connectivity index (χ4v) is 5.43. The maximum absolute atomic E-state index is 12.5. The summed E-state index contributed by atoms with van der Waals surface area (Å²) in [5.41, 5.74) is 4.91. The van der Waals surface area contributed by atoms with Crippen molar-refractivity contribution < 1.29 is 34.5 Å². The number of nitrogens with zero attached hydrogens (tertiary/aromatic N) is 1. The molecule has 2 aromatic carbocycles. The molecular formula is C30H41N3O7. The van der Waals surface area contributed by atoms with E-state index in [9.17, 15) is 19.8 Å². The number of unbranched alkanes of at least 4 members (excludes halogenated alkanes) is 2. The van der Waals surface area contributed by atoms with E-state index in [2.05, 4.69) is 10.2 Å². The number of benzene rings is 2. The van der Waals surface area contributed by atoms with Gasteiger partial charge in [-0.25, -0.2) is 5.48 Å². The molecule has 0 radical (unpaired) electrons. The van der Waals surface area contributed by atoms with Gasteiger partial charge in [0.05, 0.1) is 25.4 Å². The number of nitrogens with one attached hydrogen (secondary N) is 2. The highest BCUT2D eigenvalue weighted by Gasteiger charge is 2.35. The number of rotatable bonds is 13.